The summed E-state index contributed by atoms with van der Waals surface area (Å²) in [5.74, 6) is 0.372. The highest BCUT2D eigenvalue weighted by atomic mass is 16.6. The smallest absolute Gasteiger partial charge is 0.410 e. The molecule has 25 heavy (non-hydrogen) atoms. The largest absolute Gasteiger partial charge is 0.444 e. The van der Waals surface area contributed by atoms with Gasteiger partial charge in [0.2, 0.25) is 0 Å². The summed E-state index contributed by atoms with van der Waals surface area (Å²) in [6.45, 7) is 7.94. The van der Waals surface area contributed by atoms with Gasteiger partial charge in [0.15, 0.2) is 5.96 Å². The maximum absolute atomic E-state index is 12.0. The van der Waals surface area contributed by atoms with E-state index in [1.165, 1.54) is 0 Å². The zero-order valence-corrected chi connectivity index (χ0v) is 15.1. The molecule has 1 amide bonds. The van der Waals surface area contributed by atoms with E-state index in [4.69, 9.17) is 10.5 Å². The number of nitrogens with zero attached hydrogens (tertiary/aromatic N) is 4. The Hall–Kier alpha value is -2.35. The summed E-state index contributed by atoms with van der Waals surface area (Å²) in [7, 11) is 0. The Labute approximate surface area is 148 Å². The highest BCUT2D eigenvalue weighted by Gasteiger charge is 2.26. The van der Waals surface area contributed by atoms with Crippen molar-refractivity contribution in [2.75, 3.05) is 32.7 Å². The number of guanidine groups is 1. The van der Waals surface area contributed by atoms with Crippen molar-refractivity contribution in [3.8, 4) is 0 Å². The SMILES string of the molecule is CC(C)(C)OC(=O)N1CCN(C(N)=NCC(O)c2ccncc2)CC1. The van der Waals surface area contributed by atoms with Gasteiger partial charge in [0.05, 0.1) is 12.6 Å². The third-order valence-electron chi connectivity index (χ3n) is 3.77. The summed E-state index contributed by atoms with van der Waals surface area (Å²) in [6, 6.07) is 3.49. The van der Waals surface area contributed by atoms with Crippen molar-refractivity contribution < 1.29 is 14.6 Å². The topological polar surface area (TPSA) is 104 Å². The number of carbonyl (C=O) groups is 1. The van der Waals surface area contributed by atoms with Gasteiger partial charge in [-0.15, -0.1) is 0 Å². The Balaban J connectivity index is 1.82. The van der Waals surface area contributed by atoms with Crippen LogP contribution in [0.4, 0.5) is 4.79 Å². The summed E-state index contributed by atoms with van der Waals surface area (Å²) in [5.41, 5.74) is 6.26. The summed E-state index contributed by atoms with van der Waals surface area (Å²) >= 11 is 0. The van der Waals surface area contributed by atoms with E-state index in [0.717, 1.165) is 5.56 Å². The van der Waals surface area contributed by atoms with Crippen molar-refractivity contribution in [3.63, 3.8) is 0 Å². The average Bonchev–Trinajstić information content (AvgIpc) is 2.58. The van der Waals surface area contributed by atoms with Gasteiger partial charge < -0.3 is 25.4 Å². The number of rotatable bonds is 3. The van der Waals surface area contributed by atoms with Crippen molar-refractivity contribution >= 4 is 12.1 Å². The summed E-state index contributed by atoms with van der Waals surface area (Å²) < 4.78 is 5.37. The number of amides is 1. The molecule has 2 heterocycles. The number of hydrogen-bond donors (Lipinski definition) is 2. The number of aliphatic hydroxyl groups excluding tert-OH is 1. The Kier molecular flexibility index (Phi) is 6.19. The monoisotopic (exact) mass is 349 g/mol. The maximum atomic E-state index is 12.0. The molecule has 1 aromatic heterocycles. The van der Waals surface area contributed by atoms with E-state index >= 15 is 0 Å². The molecule has 1 aliphatic heterocycles. The van der Waals surface area contributed by atoms with E-state index in [-0.39, 0.29) is 12.6 Å². The normalized spacial score (nSPS) is 17.4. The second kappa shape index (κ2) is 8.15. The quantitative estimate of drug-likeness (QED) is 0.623. The molecule has 0 aromatic carbocycles. The van der Waals surface area contributed by atoms with Gasteiger partial charge in [-0.1, -0.05) is 0 Å². The fourth-order valence-electron chi connectivity index (χ4n) is 2.42. The van der Waals surface area contributed by atoms with Crippen LogP contribution in [0.25, 0.3) is 0 Å². The number of nitrogens with two attached hydrogens (primary N) is 1. The molecule has 1 unspecified atom stereocenters. The first-order valence-electron chi connectivity index (χ1n) is 8.37. The minimum atomic E-state index is -0.718. The molecule has 0 aliphatic carbocycles. The van der Waals surface area contributed by atoms with Gasteiger partial charge in [-0.25, -0.2) is 4.79 Å². The predicted octanol–water partition coefficient (Wildman–Crippen LogP) is 0.982. The van der Waals surface area contributed by atoms with Gasteiger partial charge in [-0.05, 0) is 38.5 Å². The first kappa shape index (κ1) is 19.0. The average molecular weight is 349 g/mol. The third kappa shape index (κ3) is 5.90. The second-order valence-corrected chi connectivity index (χ2v) is 6.95. The van der Waals surface area contributed by atoms with Crippen molar-refractivity contribution in [1.82, 2.24) is 14.8 Å². The van der Waals surface area contributed by atoms with Crippen LogP contribution in [0.2, 0.25) is 0 Å². The van der Waals surface area contributed by atoms with Crippen LogP contribution >= 0.6 is 0 Å². The molecule has 138 valence electrons. The molecule has 1 aliphatic rings. The number of hydrogen-bond acceptors (Lipinski definition) is 5. The lowest BCUT2D eigenvalue weighted by molar-refractivity contribution is 0.0186. The van der Waals surface area contributed by atoms with E-state index in [1.54, 1.807) is 29.4 Å². The van der Waals surface area contributed by atoms with Crippen LogP contribution in [0.1, 0.15) is 32.4 Å². The molecule has 0 radical (unpaired) electrons. The van der Waals surface area contributed by atoms with Crippen LogP contribution in [0.5, 0.6) is 0 Å². The molecule has 0 spiro atoms. The molecule has 3 N–H and O–H groups in total. The number of ether oxygens (including phenoxy) is 1. The van der Waals surface area contributed by atoms with Crippen LogP contribution in [0.3, 0.4) is 0 Å². The first-order chi connectivity index (χ1) is 11.8. The molecule has 8 heteroatoms. The van der Waals surface area contributed by atoms with Crippen LogP contribution in [0.15, 0.2) is 29.5 Å². The van der Waals surface area contributed by atoms with E-state index in [0.29, 0.717) is 32.1 Å². The maximum Gasteiger partial charge on any atom is 0.410 e. The molecule has 8 nitrogen and oxygen atoms in total. The van der Waals surface area contributed by atoms with Crippen LogP contribution in [0, 0.1) is 0 Å². The number of piperazine rings is 1. The number of carbonyl (C=O) groups excluding carboxylic acids is 1. The Morgan fingerprint density at radius 3 is 2.40 bits per heavy atom. The lowest BCUT2D eigenvalue weighted by Crippen LogP contribution is -2.53. The van der Waals surface area contributed by atoms with E-state index in [1.807, 2.05) is 25.7 Å². The second-order valence-electron chi connectivity index (χ2n) is 6.95. The number of pyridine rings is 1. The van der Waals surface area contributed by atoms with Gasteiger partial charge in [0.1, 0.15) is 5.60 Å². The van der Waals surface area contributed by atoms with Crippen molar-refractivity contribution in [1.29, 1.82) is 0 Å². The third-order valence-corrected chi connectivity index (χ3v) is 3.77. The Bertz CT molecular complexity index is 592. The standard InChI is InChI=1S/C17H27N5O3/c1-17(2,3)25-16(24)22-10-8-21(9-11-22)15(18)20-12-14(23)13-4-6-19-7-5-13/h4-7,14,23H,8-12H2,1-3H3,(H2,18,20). The summed E-state index contributed by atoms with van der Waals surface area (Å²) in [6.07, 6.45) is 2.23. The number of aliphatic imine (C=N–C) groups is 1. The highest BCUT2D eigenvalue weighted by Crippen LogP contribution is 2.13. The molecule has 0 bridgehead atoms. The fraction of sp³-hybridized carbons (Fsp3) is 0.588. The van der Waals surface area contributed by atoms with Gasteiger partial charge in [0.25, 0.3) is 0 Å². The van der Waals surface area contributed by atoms with Crippen LogP contribution in [-0.2, 0) is 4.74 Å². The fourth-order valence-corrected chi connectivity index (χ4v) is 2.42. The first-order valence-corrected chi connectivity index (χ1v) is 8.37. The molecule has 1 atom stereocenters. The lowest BCUT2D eigenvalue weighted by atomic mass is 10.1. The molecule has 2 rings (SSSR count). The van der Waals surface area contributed by atoms with Crippen molar-refractivity contribution in [2.45, 2.75) is 32.5 Å². The minimum Gasteiger partial charge on any atom is -0.444 e. The zero-order valence-electron chi connectivity index (χ0n) is 15.1. The van der Waals surface area contributed by atoms with E-state index in [9.17, 15) is 9.90 Å². The summed E-state index contributed by atoms with van der Waals surface area (Å²) in [5, 5.41) is 10.1. The predicted molar refractivity (Wildman–Crippen MR) is 95.1 cm³/mol. The molecular formula is C17H27N5O3. The van der Waals surface area contributed by atoms with Gasteiger partial charge >= 0.3 is 6.09 Å². The Morgan fingerprint density at radius 1 is 1.28 bits per heavy atom. The zero-order chi connectivity index (χ0) is 18.4. The Morgan fingerprint density at radius 2 is 1.84 bits per heavy atom. The molecule has 1 saturated heterocycles. The number of aromatic nitrogens is 1. The minimum absolute atomic E-state index is 0.183. The van der Waals surface area contributed by atoms with Gasteiger partial charge in [-0.3, -0.25) is 9.98 Å². The highest BCUT2D eigenvalue weighted by molar-refractivity contribution is 5.78. The molecular weight excluding hydrogens is 322 g/mol. The van der Waals surface area contributed by atoms with Crippen LogP contribution < -0.4 is 5.73 Å². The van der Waals surface area contributed by atoms with E-state index in [2.05, 4.69) is 9.98 Å². The molecule has 1 aromatic rings. The lowest BCUT2D eigenvalue weighted by Gasteiger charge is -2.36. The van der Waals surface area contributed by atoms with Crippen molar-refractivity contribution in [3.05, 3.63) is 30.1 Å². The summed E-state index contributed by atoms with van der Waals surface area (Å²) in [4.78, 5) is 23.8. The molecule has 0 saturated carbocycles. The van der Waals surface area contributed by atoms with Gasteiger partial charge in [-0.2, -0.15) is 0 Å². The van der Waals surface area contributed by atoms with Crippen LogP contribution in [-0.4, -0.2) is 70.3 Å². The van der Waals surface area contributed by atoms with Gasteiger partial charge in [0, 0.05) is 38.6 Å². The number of aliphatic hydroxyl groups is 1. The van der Waals surface area contributed by atoms with Crippen molar-refractivity contribution in [2.24, 2.45) is 10.7 Å². The van der Waals surface area contributed by atoms with E-state index < -0.39 is 11.7 Å². The molecule has 1 fully saturated rings.